The van der Waals surface area contributed by atoms with Crippen molar-refractivity contribution >= 4 is 28.8 Å². The zero-order valence-corrected chi connectivity index (χ0v) is 20.3. The number of carbonyl (C=O) groups excluding carboxylic acids is 1. The number of aliphatic hydroxyl groups is 3. The van der Waals surface area contributed by atoms with Gasteiger partial charge in [0, 0.05) is 24.0 Å². The summed E-state index contributed by atoms with van der Waals surface area (Å²) in [6.07, 6.45) is -0.0162. The zero-order valence-electron chi connectivity index (χ0n) is 20.3. The number of hydrogen-bond acceptors (Lipinski definition) is 8. The summed E-state index contributed by atoms with van der Waals surface area (Å²) in [7, 11) is 1.37. The third-order valence-electron chi connectivity index (χ3n) is 7.98. The minimum Gasteiger partial charge on any atom is -0.479 e. The van der Waals surface area contributed by atoms with Gasteiger partial charge in [-0.3, -0.25) is 4.90 Å². The van der Waals surface area contributed by atoms with Crippen molar-refractivity contribution < 1.29 is 44.7 Å². The van der Waals surface area contributed by atoms with Crippen LogP contribution >= 0.6 is 0 Å². The Bertz CT molecular complexity index is 1180. The first-order valence-electron chi connectivity index (χ1n) is 12.0. The number of carboxylic acids is 2. The SMILES string of the molecule is CC[C@]12CCCN3CCc4c(n(c5ccccc45)[C@@](O)(C(=O)OC)C1)[C@@H]32.O=C(O)C(O)C(O)C(=O)O. The van der Waals surface area contributed by atoms with E-state index in [4.69, 9.17) is 25.2 Å². The molecule has 36 heavy (non-hydrogen) atoms. The normalized spacial score (nSPS) is 28.3. The summed E-state index contributed by atoms with van der Waals surface area (Å²) in [5, 5.41) is 45.4. The number of carboxylic acid groups (broad SMARTS) is 2. The average molecular weight is 505 g/mol. The number of ether oxygens (including phenoxy) is 1. The molecule has 5 rings (SSSR count). The number of esters is 1. The van der Waals surface area contributed by atoms with Gasteiger partial charge < -0.3 is 34.8 Å². The van der Waals surface area contributed by atoms with Crippen molar-refractivity contribution in [2.45, 2.75) is 63.0 Å². The van der Waals surface area contributed by atoms with Crippen LogP contribution in [0, 0.1) is 5.41 Å². The predicted octanol–water partition coefficient (Wildman–Crippen LogP) is 0.830. The molecular weight excluding hydrogens is 472 g/mol. The van der Waals surface area contributed by atoms with Gasteiger partial charge in [0.15, 0.2) is 12.2 Å². The van der Waals surface area contributed by atoms with E-state index >= 15 is 0 Å². The minimum absolute atomic E-state index is 0.0826. The molecule has 3 aliphatic rings. The first kappa shape index (κ1) is 26.1. The highest BCUT2D eigenvalue weighted by atomic mass is 16.5. The van der Waals surface area contributed by atoms with Crippen LogP contribution in [0.1, 0.15) is 49.9 Å². The van der Waals surface area contributed by atoms with Gasteiger partial charge in [-0.25, -0.2) is 14.4 Å². The van der Waals surface area contributed by atoms with E-state index in [0.29, 0.717) is 6.42 Å². The van der Waals surface area contributed by atoms with Gasteiger partial charge in [0.25, 0.3) is 0 Å². The molecule has 1 aromatic carbocycles. The number of benzene rings is 1. The molecule has 2 unspecified atom stereocenters. The topological polar surface area (TPSA) is 170 Å². The highest BCUT2D eigenvalue weighted by Crippen LogP contribution is 2.60. The van der Waals surface area contributed by atoms with Crippen molar-refractivity contribution in [2.75, 3.05) is 20.2 Å². The van der Waals surface area contributed by atoms with E-state index in [2.05, 4.69) is 17.9 Å². The number of aliphatic hydroxyl groups excluding tert-OH is 2. The number of para-hydroxylation sites is 1. The molecule has 5 atom stereocenters. The number of carbonyl (C=O) groups is 3. The van der Waals surface area contributed by atoms with Crippen molar-refractivity contribution in [2.24, 2.45) is 5.41 Å². The van der Waals surface area contributed by atoms with Crippen molar-refractivity contribution in [3.8, 4) is 0 Å². The van der Waals surface area contributed by atoms with E-state index in [-0.39, 0.29) is 11.5 Å². The molecule has 3 aliphatic heterocycles. The highest BCUT2D eigenvalue weighted by Gasteiger charge is 2.60. The van der Waals surface area contributed by atoms with Crippen LogP contribution in [0.5, 0.6) is 0 Å². The molecule has 0 bridgehead atoms. The molecule has 196 valence electrons. The van der Waals surface area contributed by atoms with Crippen LogP contribution in [-0.4, -0.2) is 85.3 Å². The lowest BCUT2D eigenvalue weighted by atomic mass is 9.62. The summed E-state index contributed by atoms with van der Waals surface area (Å²) >= 11 is 0. The number of fused-ring (bicyclic) bond motifs is 3. The molecule has 1 fully saturated rings. The summed E-state index contributed by atoms with van der Waals surface area (Å²) in [5.74, 6) is -4.08. The largest absolute Gasteiger partial charge is 0.479 e. The van der Waals surface area contributed by atoms with E-state index in [0.717, 1.165) is 50.0 Å². The number of hydrogen-bond donors (Lipinski definition) is 5. The maximum Gasteiger partial charge on any atom is 0.359 e. The van der Waals surface area contributed by atoms with Crippen molar-refractivity contribution in [1.82, 2.24) is 9.47 Å². The van der Waals surface area contributed by atoms with Gasteiger partial charge in [0.1, 0.15) is 0 Å². The third-order valence-corrected chi connectivity index (χ3v) is 7.98. The fraction of sp³-hybridized carbons (Fsp3) is 0.560. The van der Waals surface area contributed by atoms with Gasteiger partial charge in [-0.2, -0.15) is 0 Å². The summed E-state index contributed by atoms with van der Waals surface area (Å²) in [4.78, 5) is 35.0. The monoisotopic (exact) mass is 504 g/mol. The van der Waals surface area contributed by atoms with Gasteiger partial charge in [-0.15, -0.1) is 0 Å². The fourth-order valence-corrected chi connectivity index (χ4v) is 6.37. The maximum atomic E-state index is 12.8. The minimum atomic E-state index is -2.27. The smallest absolute Gasteiger partial charge is 0.359 e. The summed E-state index contributed by atoms with van der Waals surface area (Å²) in [6.45, 7) is 4.36. The number of aromatic nitrogens is 1. The summed E-state index contributed by atoms with van der Waals surface area (Å²) in [5.41, 5.74) is 1.69. The average Bonchev–Trinajstić information content (AvgIpc) is 3.22. The lowest BCUT2D eigenvalue weighted by Gasteiger charge is -2.57. The molecule has 2 aromatic rings. The highest BCUT2D eigenvalue weighted by molar-refractivity contribution is 5.90. The van der Waals surface area contributed by atoms with Gasteiger partial charge in [-0.05, 0) is 49.3 Å². The Kier molecular flexibility index (Phi) is 6.86. The van der Waals surface area contributed by atoms with Crippen LogP contribution in [0.3, 0.4) is 0 Å². The van der Waals surface area contributed by atoms with Crippen LogP contribution in [0.25, 0.3) is 10.9 Å². The molecule has 11 heteroatoms. The summed E-state index contributed by atoms with van der Waals surface area (Å²) in [6, 6.07) is 8.45. The molecule has 0 amide bonds. The number of nitrogens with zero attached hydrogens (tertiary/aromatic N) is 2. The second-order valence-corrected chi connectivity index (χ2v) is 9.78. The Labute approximate surface area is 207 Å². The molecule has 5 N–H and O–H groups in total. The van der Waals surface area contributed by atoms with E-state index < -0.39 is 35.8 Å². The fourth-order valence-electron chi connectivity index (χ4n) is 6.37. The Balaban J connectivity index is 0.000000261. The van der Waals surface area contributed by atoms with E-state index in [9.17, 15) is 19.5 Å². The molecule has 1 saturated heterocycles. The lowest BCUT2D eigenvalue weighted by molar-refractivity contribution is -0.194. The van der Waals surface area contributed by atoms with Gasteiger partial charge in [0.2, 0.25) is 5.72 Å². The Hall–Kier alpha value is -2.99. The van der Waals surface area contributed by atoms with Crippen LogP contribution in [0.2, 0.25) is 0 Å². The molecule has 1 aromatic heterocycles. The Morgan fingerprint density at radius 3 is 2.33 bits per heavy atom. The standard InChI is InChI=1S/C21H26N2O3.C4H6O6/c1-3-20-10-6-11-22-12-9-15-14-7-4-5-8-16(14)23(17(15)18(20)22)21(25,13-20)19(24)26-2;5-1(3(7)8)2(6)4(9)10/h4-5,7-8,18,25H,3,6,9-13H2,1-2H3;1-2,5-6H,(H,7,8)(H,9,10)/t18-,20+,21+;/m1./s1. The van der Waals surface area contributed by atoms with Gasteiger partial charge in [0.05, 0.1) is 18.7 Å². The molecule has 0 saturated carbocycles. The number of methoxy groups -OCH3 is 1. The summed E-state index contributed by atoms with van der Waals surface area (Å²) < 4.78 is 7.01. The van der Waals surface area contributed by atoms with Crippen LogP contribution in [-0.2, 0) is 31.3 Å². The Morgan fingerprint density at radius 2 is 1.75 bits per heavy atom. The number of piperidine rings is 1. The van der Waals surface area contributed by atoms with Crippen molar-refractivity contribution in [3.05, 3.63) is 35.5 Å². The lowest BCUT2D eigenvalue weighted by Crippen LogP contribution is -2.60. The van der Waals surface area contributed by atoms with Crippen molar-refractivity contribution in [1.29, 1.82) is 0 Å². The molecule has 4 heterocycles. The Morgan fingerprint density at radius 1 is 1.11 bits per heavy atom. The quantitative estimate of drug-likeness (QED) is 0.368. The number of aliphatic carboxylic acids is 2. The molecule has 0 spiro atoms. The first-order chi connectivity index (χ1) is 17.0. The van der Waals surface area contributed by atoms with Gasteiger partial charge in [-0.1, -0.05) is 25.1 Å². The van der Waals surface area contributed by atoms with Crippen LogP contribution in [0.15, 0.2) is 24.3 Å². The zero-order chi connectivity index (χ0) is 26.4. The molecule has 0 aliphatic carbocycles. The molecule has 11 nitrogen and oxygen atoms in total. The van der Waals surface area contributed by atoms with E-state index in [1.165, 1.54) is 18.1 Å². The first-order valence-corrected chi connectivity index (χ1v) is 12.0. The van der Waals surface area contributed by atoms with E-state index in [1.54, 1.807) is 0 Å². The van der Waals surface area contributed by atoms with Crippen LogP contribution < -0.4 is 0 Å². The maximum absolute atomic E-state index is 12.8. The van der Waals surface area contributed by atoms with Crippen molar-refractivity contribution in [3.63, 3.8) is 0 Å². The molecule has 0 radical (unpaired) electrons. The number of rotatable bonds is 5. The van der Waals surface area contributed by atoms with E-state index in [1.807, 2.05) is 22.8 Å². The third kappa shape index (κ3) is 3.86. The molecular formula is C25H32N2O9. The van der Waals surface area contributed by atoms with Gasteiger partial charge >= 0.3 is 17.9 Å². The predicted molar refractivity (Wildman–Crippen MR) is 126 cm³/mol. The second-order valence-electron chi connectivity index (χ2n) is 9.78. The van der Waals surface area contributed by atoms with Crippen LogP contribution in [0.4, 0.5) is 0 Å². The second kappa shape index (κ2) is 9.47.